The van der Waals surface area contributed by atoms with Gasteiger partial charge in [-0.05, 0) is 51.0 Å². The second-order valence-electron chi connectivity index (χ2n) is 5.18. The Hall–Kier alpha value is -1.55. The number of nitrogens with two attached hydrogens (primary N) is 1. The second-order valence-corrected chi connectivity index (χ2v) is 5.18. The summed E-state index contributed by atoms with van der Waals surface area (Å²) in [7, 11) is 0. The van der Waals surface area contributed by atoms with Crippen molar-refractivity contribution in [1.29, 1.82) is 0 Å². The lowest BCUT2D eigenvalue weighted by molar-refractivity contribution is -0.143. The van der Waals surface area contributed by atoms with E-state index in [0.29, 0.717) is 0 Å². The van der Waals surface area contributed by atoms with Gasteiger partial charge in [0, 0.05) is 6.42 Å². The van der Waals surface area contributed by atoms with Crippen molar-refractivity contribution < 1.29 is 14.6 Å². The van der Waals surface area contributed by atoms with Gasteiger partial charge in [-0.1, -0.05) is 6.07 Å². The summed E-state index contributed by atoms with van der Waals surface area (Å²) in [5.74, 6) is -0.264. The molecule has 0 bridgehead atoms. The lowest BCUT2D eigenvalue weighted by Crippen LogP contribution is -2.47. The number of hydrogen-bond donors (Lipinski definition) is 2. The van der Waals surface area contributed by atoms with Crippen LogP contribution in [0.4, 0.5) is 0 Å². The van der Waals surface area contributed by atoms with Crippen molar-refractivity contribution >= 4 is 5.97 Å². The van der Waals surface area contributed by atoms with Crippen LogP contribution in [0.2, 0.25) is 0 Å². The minimum Gasteiger partial charge on any atom is -0.491 e. The van der Waals surface area contributed by atoms with Gasteiger partial charge in [0.2, 0.25) is 0 Å². The molecule has 0 heterocycles. The van der Waals surface area contributed by atoms with Gasteiger partial charge in [0.15, 0.2) is 0 Å². The highest BCUT2D eigenvalue weighted by atomic mass is 16.5. The Morgan fingerprint density at radius 2 is 1.89 bits per heavy atom. The average Bonchev–Trinajstić information content (AvgIpc) is 2.13. The first-order valence-electron chi connectivity index (χ1n) is 5.98. The Kier molecular flexibility index (Phi) is 4.35. The smallest absolute Gasteiger partial charge is 0.323 e. The first-order valence-corrected chi connectivity index (χ1v) is 5.98. The standard InChI is InChI=1S/C14H21NO3/c1-9-5-10(2)7-12(6-9)18-11(3)8-14(4,15)13(16)17/h5-7,11H,8,15H2,1-4H3,(H,16,17). The van der Waals surface area contributed by atoms with Crippen LogP contribution in [0.3, 0.4) is 0 Å². The van der Waals surface area contributed by atoms with E-state index in [0.717, 1.165) is 16.9 Å². The molecule has 2 unspecified atom stereocenters. The molecule has 4 nitrogen and oxygen atoms in total. The number of carboxylic acid groups (broad SMARTS) is 1. The Morgan fingerprint density at radius 3 is 2.33 bits per heavy atom. The molecule has 2 atom stereocenters. The number of aliphatic carboxylic acids is 1. The summed E-state index contributed by atoms with van der Waals surface area (Å²) >= 11 is 0. The van der Waals surface area contributed by atoms with Gasteiger partial charge < -0.3 is 15.6 Å². The molecule has 0 aliphatic rings. The SMILES string of the molecule is Cc1cc(C)cc(OC(C)CC(C)(N)C(=O)O)c1. The molecule has 0 fully saturated rings. The number of aryl methyl sites for hydroxylation is 2. The molecule has 0 aliphatic heterocycles. The Labute approximate surface area is 108 Å². The Balaban J connectivity index is 2.70. The molecule has 1 aromatic rings. The summed E-state index contributed by atoms with van der Waals surface area (Å²) in [6, 6.07) is 5.91. The maximum Gasteiger partial charge on any atom is 0.323 e. The van der Waals surface area contributed by atoms with E-state index in [4.69, 9.17) is 15.6 Å². The van der Waals surface area contributed by atoms with Crippen molar-refractivity contribution in [3.8, 4) is 5.75 Å². The average molecular weight is 251 g/mol. The van der Waals surface area contributed by atoms with Crippen molar-refractivity contribution in [2.75, 3.05) is 0 Å². The van der Waals surface area contributed by atoms with Crippen molar-refractivity contribution in [1.82, 2.24) is 0 Å². The van der Waals surface area contributed by atoms with Gasteiger partial charge in [-0.3, -0.25) is 4.79 Å². The maximum atomic E-state index is 10.9. The van der Waals surface area contributed by atoms with Gasteiger partial charge in [0.1, 0.15) is 11.3 Å². The third kappa shape index (κ3) is 4.04. The number of carbonyl (C=O) groups is 1. The number of carboxylic acids is 1. The molecular weight excluding hydrogens is 230 g/mol. The summed E-state index contributed by atoms with van der Waals surface area (Å²) in [5, 5.41) is 8.96. The maximum absolute atomic E-state index is 10.9. The summed E-state index contributed by atoms with van der Waals surface area (Å²) in [5.41, 5.74) is 6.66. The number of ether oxygens (including phenoxy) is 1. The van der Waals surface area contributed by atoms with E-state index < -0.39 is 11.5 Å². The molecule has 18 heavy (non-hydrogen) atoms. The molecule has 0 saturated carbocycles. The molecule has 0 radical (unpaired) electrons. The summed E-state index contributed by atoms with van der Waals surface area (Å²) in [4.78, 5) is 10.9. The van der Waals surface area contributed by atoms with E-state index in [1.807, 2.05) is 32.9 Å². The summed E-state index contributed by atoms with van der Waals surface area (Å²) in [6.45, 7) is 7.31. The van der Waals surface area contributed by atoms with Gasteiger partial charge in [0.05, 0.1) is 6.10 Å². The fraction of sp³-hybridized carbons (Fsp3) is 0.500. The van der Waals surface area contributed by atoms with Crippen LogP contribution < -0.4 is 10.5 Å². The van der Waals surface area contributed by atoms with Crippen molar-refractivity contribution in [2.24, 2.45) is 5.73 Å². The third-order valence-electron chi connectivity index (χ3n) is 2.73. The van der Waals surface area contributed by atoms with Gasteiger partial charge in [-0.2, -0.15) is 0 Å². The van der Waals surface area contributed by atoms with Gasteiger partial charge >= 0.3 is 5.97 Å². The fourth-order valence-corrected chi connectivity index (χ4v) is 1.96. The van der Waals surface area contributed by atoms with E-state index in [1.165, 1.54) is 6.92 Å². The van der Waals surface area contributed by atoms with E-state index in [-0.39, 0.29) is 12.5 Å². The highest BCUT2D eigenvalue weighted by Crippen LogP contribution is 2.20. The van der Waals surface area contributed by atoms with E-state index in [2.05, 4.69) is 6.07 Å². The quantitative estimate of drug-likeness (QED) is 0.842. The third-order valence-corrected chi connectivity index (χ3v) is 2.73. The molecule has 1 aromatic carbocycles. The van der Waals surface area contributed by atoms with Crippen LogP contribution in [0.15, 0.2) is 18.2 Å². The van der Waals surface area contributed by atoms with Crippen molar-refractivity contribution in [3.05, 3.63) is 29.3 Å². The zero-order chi connectivity index (χ0) is 13.9. The Bertz CT molecular complexity index is 420. The zero-order valence-electron chi connectivity index (χ0n) is 11.4. The predicted octanol–water partition coefficient (Wildman–Crippen LogP) is 2.26. The van der Waals surface area contributed by atoms with E-state index in [9.17, 15) is 4.79 Å². The van der Waals surface area contributed by atoms with Gasteiger partial charge in [0.25, 0.3) is 0 Å². The minimum atomic E-state index is -1.27. The van der Waals surface area contributed by atoms with Crippen LogP contribution in [-0.2, 0) is 4.79 Å². The monoisotopic (exact) mass is 251 g/mol. The fourth-order valence-electron chi connectivity index (χ4n) is 1.96. The van der Waals surface area contributed by atoms with Crippen LogP contribution in [-0.4, -0.2) is 22.7 Å². The van der Waals surface area contributed by atoms with E-state index >= 15 is 0 Å². The van der Waals surface area contributed by atoms with Crippen molar-refractivity contribution in [3.63, 3.8) is 0 Å². The molecule has 1 rings (SSSR count). The Morgan fingerprint density at radius 1 is 1.39 bits per heavy atom. The van der Waals surface area contributed by atoms with Gasteiger partial charge in [-0.25, -0.2) is 0 Å². The number of hydrogen-bond acceptors (Lipinski definition) is 3. The van der Waals surface area contributed by atoms with Crippen LogP contribution in [0.25, 0.3) is 0 Å². The largest absolute Gasteiger partial charge is 0.491 e. The number of rotatable bonds is 5. The van der Waals surface area contributed by atoms with E-state index in [1.54, 1.807) is 0 Å². The highest BCUT2D eigenvalue weighted by molar-refractivity contribution is 5.77. The lowest BCUT2D eigenvalue weighted by Gasteiger charge is -2.24. The molecule has 100 valence electrons. The van der Waals surface area contributed by atoms with Crippen LogP contribution in [0.5, 0.6) is 5.75 Å². The van der Waals surface area contributed by atoms with Crippen molar-refractivity contribution in [2.45, 2.75) is 45.8 Å². The normalized spacial score (nSPS) is 15.8. The molecular formula is C14H21NO3. The van der Waals surface area contributed by atoms with Crippen LogP contribution >= 0.6 is 0 Å². The lowest BCUT2D eigenvalue weighted by atomic mass is 9.96. The molecule has 3 N–H and O–H groups in total. The molecule has 0 aromatic heterocycles. The number of benzene rings is 1. The first-order chi connectivity index (χ1) is 8.20. The minimum absolute atomic E-state index is 0.253. The molecule has 0 amide bonds. The molecule has 0 saturated heterocycles. The summed E-state index contributed by atoms with van der Waals surface area (Å²) < 4.78 is 5.72. The zero-order valence-corrected chi connectivity index (χ0v) is 11.4. The second kappa shape index (κ2) is 5.40. The molecule has 4 heteroatoms. The topological polar surface area (TPSA) is 72.5 Å². The predicted molar refractivity (Wildman–Crippen MR) is 70.9 cm³/mol. The summed E-state index contributed by atoms with van der Waals surface area (Å²) in [6.07, 6.45) is 0.00675. The van der Waals surface area contributed by atoms with Gasteiger partial charge in [-0.15, -0.1) is 0 Å². The highest BCUT2D eigenvalue weighted by Gasteiger charge is 2.30. The molecule has 0 aliphatic carbocycles. The first kappa shape index (κ1) is 14.5. The molecule has 0 spiro atoms. The van der Waals surface area contributed by atoms with Crippen LogP contribution in [0.1, 0.15) is 31.4 Å². The van der Waals surface area contributed by atoms with Crippen LogP contribution in [0, 0.1) is 13.8 Å².